The second-order valence-electron chi connectivity index (χ2n) is 8.20. The van der Waals surface area contributed by atoms with Gasteiger partial charge in [0.1, 0.15) is 29.0 Å². The van der Waals surface area contributed by atoms with Crippen LogP contribution in [0.2, 0.25) is 0 Å². The maximum absolute atomic E-state index is 9.59. The Hall–Kier alpha value is -3.70. The van der Waals surface area contributed by atoms with Crippen molar-refractivity contribution in [3.63, 3.8) is 0 Å². The first-order valence-corrected chi connectivity index (χ1v) is 11.3. The van der Waals surface area contributed by atoms with Gasteiger partial charge in [-0.05, 0) is 64.4 Å². The number of pyridine rings is 2. The maximum Gasteiger partial charge on any atom is 0.148 e. The highest BCUT2D eigenvalue weighted by atomic mass is 16.5. The molecule has 0 bridgehead atoms. The zero-order chi connectivity index (χ0) is 23.2. The number of nitrogens with zero attached hydrogens (tertiary/aromatic N) is 5. The molecule has 1 aliphatic heterocycles. The Morgan fingerprint density at radius 1 is 1.39 bits per heavy atom. The number of ether oxygens (including phenoxy) is 1. The number of hydrogen-bond donors (Lipinski definition) is 2. The number of nitrogens with two attached hydrogens (primary N) is 1. The molecule has 2 atom stereocenters. The summed E-state index contributed by atoms with van der Waals surface area (Å²) < 4.78 is 7.97. The van der Waals surface area contributed by atoms with Gasteiger partial charge in [-0.3, -0.25) is 9.98 Å². The lowest BCUT2D eigenvalue weighted by atomic mass is 10.0. The van der Waals surface area contributed by atoms with Crippen molar-refractivity contribution in [2.75, 3.05) is 13.1 Å². The number of nitrogens with one attached hydrogen (secondary N) is 1. The van der Waals surface area contributed by atoms with Gasteiger partial charge in [-0.1, -0.05) is 6.07 Å². The van der Waals surface area contributed by atoms with E-state index in [4.69, 9.17) is 15.5 Å². The van der Waals surface area contributed by atoms with E-state index in [1.165, 1.54) is 0 Å². The number of hydrogen-bond acceptors (Lipinski definition) is 7. The third kappa shape index (κ3) is 5.04. The molecule has 2 unspecified atom stereocenters. The quantitative estimate of drug-likeness (QED) is 0.562. The number of aliphatic imine (C=N–C) groups is 1. The molecule has 3 aromatic rings. The summed E-state index contributed by atoms with van der Waals surface area (Å²) in [4.78, 5) is 9.37. The molecule has 4 rings (SSSR count). The Bertz CT molecular complexity index is 1200. The van der Waals surface area contributed by atoms with E-state index in [0.29, 0.717) is 16.8 Å². The second kappa shape index (κ2) is 10.3. The Morgan fingerprint density at radius 2 is 2.27 bits per heavy atom. The average molecular weight is 444 g/mol. The summed E-state index contributed by atoms with van der Waals surface area (Å²) in [5.74, 6) is 0.547. The van der Waals surface area contributed by atoms with Gasteiger partial charge in [0.2, 0.25) is 0 Å². The van der Waals surface area contributed by atoms with Crippen LogP contribution in [0.15, 0.2) is 54.0 Å². The Labute approximate surface area is 193 Å². The van der Waals surface area contributed by atoms with Crippen LogP contribution in [0, 0.1) is 11.3 Å². The molecule has 1 fully saturated rings. The van der Waals surface area contributed by atoms with Crippen molar-refractivity contribution < 1.29 is 4.74 Å². The first-order chi connectivity index (χ1) is 16.1. The normalized spacial score (nSPS) is 18.5. The Kier molecular flexibility index (Phi) is 7.01. The first kappa shape index (κ1) is 22.5. The summed E-state index contributed by atoms with van der Waals surface area (Å²) in [6, 6.07) is 10.1. The molecule has 4 heterocycles. The van der Waals surface area contributed by atoms with Gasteiger partial charge in [-0.15, -0.1) is 0 Å². The largest absolute Gasteiger partial charge is 0.482 e. The second-order valence-corrected chi connectivity index (χ2v) is 8.20. The first-order valence-electron chi connectivity index (χ1n) is 11.3. The fourth-order valence-corrected chi connectivity index (χ4v) is 4.17. The predicted octanol–water partition coefficient (Wildman–Crippen LogP) is 3.64. The minimum Gasteiger partial charge on any atom is -0.482 e. The maximum atomic E-state index is 9.59. The molecule has 1 saturated heterocycles. The number of fused-ring (bicyclic) bond motifs is 1. The fourth-order valence-electron chi connectivity index (χ4n) is 4.17. The van der Waals surface area contributed by atoms with Crippen LogP contribution in [0.4, 0.5) is 0 Å². The van der Waals surface area contributed by atoms with E-state index in [-0.39, 0.29) is 12.1 Å². The molecular formula is C25H29N7O. The molecule has 1 aliphatic rings. The van der Waals surface area contributed by atoms with E-state index < -0.39 is 0 Å². The molecule has 0 aliphatic carbocycles. The molecule has 3 N–H and O–H groups in total. The molecular weight excluding hydrogens is 414 g/mol. The minimum absolute atomic E-state index is 0.272. The van der Waals surface area contributed by atoms with Crippen LogP contribution >= 0.6 is 0 Å². The van der Waals surface area contributed by atoms with Gasteiger partial charge in [0.05, 0.1) is 17.9 Å². The molecule has 0 aromatic carbocycles. The highest BCUT2D eigenvalue weighted by molar-refractivity contribution is 6.22. The molecule has 8 heteroatoms. The molecule has 33 heavy (non-hydrogen) atoms. The lowest BCUT2D eigenvalue weighted by molar-refractivity contribution is 0.224. The van der Waals surface area contributed by atoms with Crippen molar-refractivity contribution in [1.29, 1.82) is 5.26 Å². The molecule has 0 spiro atoms. The van der Waals surface area contributed by atoms with Crippen LogP contribution < -0.4 is 15.8 Å². The molecule has 0 amide bonds. The monoisotopic (exact) mass is 443 g/mol. The fraction of sp³-hybridized carbons (Fsp3) is 0.360. The van der Waals surface area contributed by atoms with Crippen molar-refractivity contribution >= 4 is 16.8 Å². The lowest BCUT2D eigenvalue weighted by Gasteiger charge is -2.18. The van der Waals surface area contributed by atoms with Gasteiger partial charge in [0, 0.05) is 35.4 Å². The van der Waals surface area contributed by atoms with E-state index >= 15 is 0 Å². The van der Waals surface area contributed by atoms with Crippen LogP contribution in [-0.2, 0) is 0 Å². The zero-order valence-corrected chi connectivity index (χ0v) is 19.0. The van der Waals surface area contributed by atoms with E-state index in [9.17, 15) is 5.26 Å². The summed E-state index contributed by atoms with van der Waals surface area (Å²) in [6.45, 7) is 5.93. The Balaban J connectivity index is 1.72. The summed E-state index contributed by atoms with van der Waals surface area (Å²) in [7, 11) is 0. The van der Waals surface area contributed by atoms with Crippen LogP contribution in [0.3, 0.4) is 0 Å². The predicted molar refractivity (Wildman–Crippen MR) is 129 cm³/mol. The van der Waals surface area contributed by atoms with Crippen molar-refractivity contribution in [2.45, 2.75) is 45.3 Å². The summed E-state index contributed by atoms with van der Waals surface area (Å²) >= 11 is 0. The van der Waals surface area contributed by atoms with Crippen LogP contribution in [-0.4, -0.2) is 39.4 Å². The number of allylic oxidation sites excluding steroid dienone is 1. The number of nitriles is 1. The van der Waals surface area contributed by atoms with Gasteiger partial charge in [-0.2, -0.15) is 10.4 Å². The van der Waals surface area contributed by atoms with Crippen molar-refractivity contribution in [2.24, 2.45) is 10.7 Å². The Morgan fingerprint density at radius 3 is 3.03 bits per heavy atom. The average Bonchev–Trinajstić information content (AvgIpc) is 3.08. The molecule has 3 aromatic heterocycles. The van der Waals surface area contributed by atoms with Gasteiger partial charge in [-0.25, -0.2) is 4.52 Å². The van der Waals surface area contributed by atoms with Gasteiger partial charge in [0.15, 0.2) is 0 Å². The summed E-state index contributed by atoms with van der Waals surface area (Å²) in [6.07, 6.45) is 9.59. The summed E-state index contributed by atoms with van der Waals surface area (Å²) in [5, 5.41) is 17.4. The van der Waals surface area contributed by atoms with Crippen LogP contribution in [0.25, 0.3) is 11.1 Å². The van der Waals surface area contributed by atoms with Gasteiger partial charge < -0.3 is 15.8 Å². The van der Waals surface area contributed by atoms with E-state index in [1.54, 1.807) is 23.1 Å². The number of aromatic nitrogens is 3. The van der Waals surface area contributed by atoms with Crippen molar-refractivity contribution in [3.8, 4) is 11.8 Å². The molecule has 0 radical (unpaired) electrons. The number of rotatable bonds is 6. The smallest absolute Gasteiger partial charge is 0.148 e. The zero-order valence-electron chi connectivity index (χ0n) is 19.0. The molecule has 0 saturated carbocycles. The van der Waals surface area contributed by atoms with Gasteiger partial charge in [0.25, 0.3) is 0 Å². The lowest BCUT2D eigenvalue weighted by Crippen LogP contribution is -2.15. The van der Waals surface area contributed by atoms with E-state index in [2.05, 4.69) is 21.5 Å². The topological polar surface area (TPSA) is 114 Å². The molecule has 170 valence electrons. The minimum atomic E-state index is -0.315. The highest BCUT2D eigenvalue weighted by Gasteiger charge is 2.19. The third-order valence-electron chi connectivity index (χ3n) is 5.89. The van der Waals surface area contributed by atoms with Crippen molar-refractivity contribution in [1.82, 2.24) is 19.9 Å². The SMILES string of the molecule is CC(=NC1CCCNCC1)/C(=C\N)c1cc(OC(C)c2ccccn2)c2c(C#N)cnn2c1. The summed E-state index contributed by atoms with van der Waals surface area (Å²) in [5.41, 5.74) is 10.5. The highest BCUT2D eigenvalue weighted by Crippen LogP contribution is 2.31. The van der Waals surface area contributed by atoms with Crippen molar-refractivity contribution in [3.05, 3.63) is 65.9 Å². The van der Waals surface area contributed by atoms with Gasteiger partial charge >= 0.3 is 0 Å². The third-order valence-corrected chi connectivity index (χ3v) is 5.89. The molecule has 8 nitrogen and oxygen atoms in total. The van der Waals surface area contributed by atoms with Crippen LogP contribution in [0.5, 0.6) is 5.75 Å². The standard InChI is InChI=1S/C25H29N7O/c1-17(31-21-6-5-9-28-11-8-21)22(14-27)19-12-24(25-20(13-26)15-30-32(25)16-19)33-18(2)23-7-3-4-10-29-23/h3-4,7,10,12,14-16,18,21,28H,5-6,8-9,11,27H2,1-2H3/b22-14+,31-17?. The van der Waals surface area contributed by atoms with E-state index in [0.717, 1.165) is 54.9 Å². The van der Waals surface area contributed by atoms with Crippen LogP contribution in [0.1, 0.15) is 56.0 Å². The van der Waals surface area contributed by atoms with E-state index in [1.807, 2.05) is 44.3 Å².